The average molecular weight is 312 g/mol. The van der Waals surface area contributed by atoms with Crippen LogP contribution < -0.4 is 5.32 Å². The summed E-state index contributed by atoms with van der Waals surface area (Å²) in [7, 11) is 0. The van der Waals surface area contributed by atoms with Gasteiger partial charge in [-0.25, -0.2) is 0 Å². The Kier molecular flexibility index (Phi) is 4.03. The number of fused-ring (bicyclic) bond motifs is 2. The van der Waals surface area contributed by atoms with Crippen LogP contribution in [0.5, 0.6) is 0 Å². The van der Waals surface area contributed by atoms with Crippen LogP contribution in [0.25, 0.3) is 0 Å². The highest BCUT2D eigenvalue weighted by Gasteiger charge is 2.54. The standard InChI is InChI=1S/C18H20N2O3/c1-10(2)14-12-5-6-13(14)16(18(22)23)15(12)17(21)20-9-11-4-3-7-19-8-11/h3-8,12-13,15-16H,9H2,1-2H3,(H,20,21)(H,22,23)/t12-,13+,15+,16-/m0/s1. The van der Waals surface area contributed by atoms with E-state index in [2.05, 4.69) is 10.3 Å². The Morgan fingerprint density at radius 1 is 1.22 bits per heavy atom. The van der Waals surface area contributed by atoms with E-state index in [1.54, 1.807) is 12.4 Å². The van der Waals surface area contributed by atoms with Gasteiger partial charge in [0, 0.05) is 30.8 Å². The molecule has 1 heterocycles. The predicted molar refractivity (Wildman–Crippen MR) is 85.2 cm³/mol. The molecule has 0 aliphatic heterocycles. The van der Waals surface area contributed by atoms with E-state index in [0.717, 1.165) is 16.7 Å². The SMILES string of the molecule is CC(C)=C1[C@H]2C=C[C@@H]1[C@@H](C(=O)NCc1cccnc1)[C@H]2C(=O)O. The van der Waals surface area contributed by atoms with Crippen LogP contribution in [0, 0.1) is 23.7 Å². The number of carboxylic acid groups (broad SMARTS) is 1. The van der Waals surface area contributed by atoms with E-state index >= 15 is 0 Å². The van der Waals surface area contributed by atoms with Crippen molar-refractivity contribution in [3.05, 3.63) is 53.4 Å². The first-order chi connectivity index (χ1) is 11.0. The Bertz CT molecular complexity index is 689. The van der Waals surface area contributed by atoms with Gasteiger partial charge < -0.3 is 10.4 Å². The number of carbonyl (C=O) groups excluding carboxylic acids is 1. The molecule has 4 atom stereocenters. The lowest BCUT2D eigenvalue weighted by Crippen LogP contribution is -2.39. The summed E-state index contributed by atoms with van der Waals surface area (Å²) >= 11 is 0. The molecule has 1 amide bonds. The fourth-order valence-corrected chi connectivity index (χ4v) is 3.85. The summed E-state index contributed by atoms with van der Waals surface area (Å²) in [6.45, 7) is 4.33. The Labute approximate surface area is 135 Å². The molecule has 2 N–H and O–H groups in total. The van der Waals surface area contributed by atoms with Gasteiger partial charge in [-0.15, -0.1) is 0 Å². The molecule has 0 unspecified atom stereocenters. The van der Waals surface area contributed by atoms with Crippen LogP contribution in [0.15, 0.2) is 47.8 Å². The molecule has 2 bridgehead atoms. The zero-order chi connectivity index (χ0) is 16.6. The molecule has 1 aromatic rings. The van der Waals surface area contributed by atoms with Gasteiger partial charge in [-0.2, -0.15) is 0 Å². The normalized spacial score (nSPS) is 28.0. The number of aliphatic carboxylic acids is 1. The number of rotatable bonds is 4. The highest BCUT2D eigenvalue weighted by molar-refractivity contribution is 5.88. The lowest BCUT2D eigenvalue weighted by atomic mass is 9.82. The van der Waals surface area contributed by atoms with Crippen LogP contribution in [0.3, 0.4) is 0 Å². The quantitative estimate of drug-likeness (QED) is 0.835. The molecular weight excluding hydrogens is 292 g/mol. The van der Waals surface area contributed by atoms with Gasteiger partial charge in [0.15, 0.2) is 0 Å². The Morgan fingerprint density at radius 2 is 1.91 bits per heavy atom. The van der Waals surface area contributed by atoms with Gasteiger partial charge in [0.25, 0.3) is 0 Å². The number of carbonyl (C=O) groups is 2. The van der Waals surface area contributed by atoms with Crippen molar-refractivity contribution in [2.75, 3.05) is 0 Å². The maximum absolute atomic E-state index is 12.6. The molecule has 1 saturated carbocycles. The molecule has 0 saturated heterocycles. The van der Waals surface area contributed by atoms with E-state index in [0.29, 0.717) is 6.54 Å². The average Bonchev–Trinajstić information content (AvgIpc) is 3.09. The van der Waals surface area contributed by atoms with Crippen LogP contribution >= 0.6 is 0 Å². The fourth-order valence-electron chi connectivity index (χ4n) is 3.85. The molecule has 1 fully saturated rings. The van der Waals surface area contributed by atoms with Gasteiger partial charge in [0.1, 0.15) is 0 Å². The summed E-state index contributed by atoms with van der Waals surface area (Å²) in [6, 6.07) is 3.69. The van der Waals surface area contributed by atoms with E-state index in [4.69, 9.17) is 0 Å². The van der Waals surface area contributed by atoms with Gasteiger partial charge in [0.2, 0.25) is 5.91 Å². The number of hydrogen-bond acceptors (Lipinski definition) is 3. The lowest BCUT2D eigenvalue weighted by molar-refractivity contribution is -0.147. The molecule has 5 nitrogen and oxygen atoms in total. The summed E-state index contributed by atoms with van der Waals surface area (Å²) in [4.78, 5) is 28.4. The second-order valence-electron chi connectivity index (χ2n) is 6.36. The topological polar surface area (TPSA) is 79.3 Å². The van der Waals surface area contributed by atoms with Crippen molar-refractivity contribution in [2.24, 2.45) is 23.7 Å². The second kappa shape index (κ2) is 5.99. The molecule has 1 aromatic heterocycles. The summed E-state index contributed by atoms with van der Waals surface area (Å²) in [6.07, 6.45) is 7.29. The molecular formula is C18H20N2O3. The van der Waals surface area contributed by atoms with E-state index in [1.165, 1.54) is 0 Å². The molecule has 23 heavy (non-hydrogen) atoms. The number of nitrogens with zero attached hydrogens (tertiary/aromatic N) is 1. The Balaban J connectivity index is 1.80. The highest BCUT2D eigenvalue weighted by Crippen LogP contribution is 2.53. The minimum atomic E-state index is -0.901. The number of nitrogens with one attached hydrogen (secondary N) is 1. The number of pyridine rings is 1. The Morgan fingerprint density at radius 3 is 2.48 bits per heavy atom. The van der Waals surface area contributed by atoms with Crippen LogP contribution in [0.4, 0.5) is 0 Å². The zero-order valence-electron chi connectivity index (χ0n) is 13.2. The first-order valence-corrected chi connectivity index (χ1v) is 7.75. The largest absolute Gasteiger partial charge is 0.481 e. The summed E-state index contributed by atoms with van der Waals surface area (Å²) < 4.78 is 0. The van der Waals surface area contributed by atoms with Crippen molar-refractivity contribution in [2.45, 2.75) is 20.4 Å². The fraction of sp³-hybridized carbons (Fsp3) is 0.389. The molecule has 3 rings (SSSR count). The van der Waals surface area contributed by atoms with Crippen LogP contribution in [-0.2, 0) is 16.1 Å². The third-order valence-corrected chi connectivity index (χ3v) is 4.76. The monoisotopic (exact) mass is 312 g/mol. The van der Waals surface area contributed by atoms with Crippen molar-refractivity contribution >= 4 is 11.9 Å². The van der Waals surface area contributed by atoms with Crippen molar-refractivity contribution in [3.63, 3.8) is 0 Å². The lowest BCUT2D eigenvalue weighted by Gasteiger charge is -2.23. The second-order valence-corrected chi connectivity index (χ2v) is 6.36. The number of carboxylic acids is 1. The van der Waals surface area contributed by atoms with Gasteiger partial charge in [0.05, 0.1) is 11.8 Å². The predicted octanol–water partition coefficient (Wildman–Crippen LogP) is 2.17. The third kappa shape index (κ3) is 2.67. The van der Waals surface area contributed by atoms with E-state index in [1.807, 2.05) is 38.1 Å². The number of amides is 1. The van der Waals surface area contributed by atoms with E-state index in [9.17, 15) is 14.7 Å². The molecule has 5 heteroatoms. The molecule has 0 spiro atoms. The first kappa shape index (κ1) is 15.5. The minimum absolute atomic E-state index is 0.0972. The van der Waals surface area contributed by atoms with Gasteiger partial charge in [-0.05, 0) is 25.5 Å². The highest BCUT2D eigenvalue weighted by atomic mass is 16.4. The van der Waals surface area contributed by atoms with Gasteiger partial charge in [-0.3, -0.25) is 14.6 Å². The number of hydrogen-bond donors (Lipinski definition) is 2. The summed E-state index contributed by atoms with van der Waals surface area (Å²) in [5, 5.41) is 12.5. The first-order valence-electron chi connectivity index (χ1n) is 7.75. The van der Waals surface area contributed by atoms with Crippen LogP contribution in [0.2, 0.25) is 0 Å². The van der Waals surface area contributed by atoms with Crippen molar-refractivity contribution < 1.29 is 14.7 Å². The van der Waals surface area contributed by atoms with Crippen molar-refractivity contribution in [1.82, 2.24) is 10.3 Å². The van der Waals surface area contributed by atoms with Crippen LogP contribution in [0.1, 0.15) is 19.4 Å². The summed E-state index contributed by atoms with van der Waals surface area (Å²) in [5.41, 5.74) is 3.10. The molecule has 0 aromatic carbocycles. The minimum Gasteiger partial charge on any atom is -0.481 e. The maximum Gasteiger partial charge on any atom is 0.308 e. The van der Waals surface area contributed by atoms with Crippen molar-refractivity contribution in [1.29, 1.82) is 0 Å². The van der Waals surface area contributed by atoms with Crippen molar-refractivity contribution in [3.8, 4) is 0 Å². The van der Waals surface area contributed by atoms with Gasteiger partial charge >= 0.3 is 5.97 Å². The molecule has 2 aliphatic carbocycles. The maximum atomic E-state index is 12.6. The Hall–Kier alpha value is -2.43. The third-order valence-electron chi connectivity index (χ3n) is 4.76. The van der Waals surface area contributed by atoms with Gasteiger partial charge in [-0.1, -0.05) is 29.4 Å². The van der Waals surface area contributed by atoms with E-state index < -0.39 is 17.8 Å². The van der Waals surface area contributed by atoms with Crippen LogP contribution in [-0.4, -0.2) is 22.0 Å². The molecule has 0 radical (unpaired) electrons. The van der Waals surface area contributed by atoms with E-state index in [-0.39, 0.29) is 17.7 Å². The number of aromatic nitrogens is 1. The smallest absolute Gasteiger partial charge is 0.308 e. The molecule has 120 valence electrons. The summed E-state index contributed by atoms with van der Waals surface area (Å²) in [5.74, 6) is -2.57. The molecule has 2 aliphatic rings. The zero-order valence-corrected chi connectivity index (χ0v) is 13.2. The number of allylic oxidation sites excluding steroid dienone is 4.